The molecule has 0 atom stereocenters. The van der Waals surface area contributed by atoms with E-state index in [0.29, 0.717) is 31.8 Å². The molecule has 118 valence electrons. The Morgan fingerprint density at radius 2 is 1.82 bits per heavy atom. The van der Waals surface area contributed by atoms with Crippen LogP contribution in [0.5, 0.6) is 0 Å². The number of amides is 2. The minimum Gasteiger partial charge on any atom is -0.478 e. The summed E-state index contributed by atoms with van der Waals surface area (Å²) in [5.41, 5.74) is 0.500. The Hall–Kier alpha value is -2.41. The third kappa shape index (κ3) is 3.62. The third-order valence-electron chi connectivity index (χ3n) is 3.55. The zero-order valence-electron chi connectivity index (χ0n) is 12.3. The van der Waals surface area contributed by atoms with E-state index in [0.717, 1.165) is 0 Å². The molecule has 22 heavy (non-hydrogen) atoms. The van der Waals surface area contributed by atoms with Gasteiger partial charge in [-0.3, -0.25) is 9.59 Å². The van der Waals surface area contributed by atoms with Crippen LogP contribution in [0.25, 0.3) is 0 Å². The number of nitrogens with zero attached hydrogens (tertiary/aromatic N) is 2. The van der Waals surface area contributed by atoms with Crippen molar-refractivity contribution in [3.63, 3.8) is 0 Å². The Kier molecular flexibility index (Phi) is 5.11. The van der Waals surface area contributed by atoms with E-state index in [1.807, 2.05) is 0 Å². The predicted molar refractivity (Wildman–Crippen MR) is 77.8 cm³/mol. The van der Waals surface area contributed by atoms with E-state index < -0.39 is 5.97 Å². The molecule has 1 aromatic carbocycles. The zero-order chi connectivity index (χ0) is 16.1. The first-order valence-corrected chi connectivity index (χ1v) is 6.92. The van der Waals surface area contributed by atoms with Crippen LogP contribution in [0.4, 0.5) is 0 Å². The number of carbonyl (C=O) groups excluding carboxylic acids is 2. The van der Waals surface area contributed by atoms with Crippen molar-refractivity contribution in [1.82, 2.24) is 9.80 Å². The van der Waals surface area contributed by atoms with Gasteiger partial charge in [0.25, 0.3) is 5.91 Å². The van der Waals surface area contributed by atoms with Crippen LogP contribution in [0.1, 0.15) is 20.7 Å². The zero-order valence-corrected chi connectivity index (χ0v) is 12.3. The number of carboxylic acid groups (broad SMARTS) is 1. The number of methoxy groups -OCH3 is 1. The van der Waals surface area contributed by atoms with Crippen molar-refractivity contribution in [3.05, 3.63) is 35.4 Å². The van der Waals surface area contributed by atoms with E-state index in [-0.39, 0.29) is 23.9 Å². The number of rotatable bonds is 5. The number of hydrogen-bond donors (Lipinski definition) is 1. The van der Waals surface area contributed by atoms with Crippen LogP contribution >= 0.6 is 0 Å². The highest BCUT2D eigenvalue weighted by molar-refractivity contribution is 5.98. The molecule has 1 aliphatic rings. The second-order valence-electron chi connectivity index (χ2n) is 4.98. The molecule has 0 aromatic heterocycles. The summed E-state index contributed by atoms with van der Waals surface area (Å²) in [4.78, 5) is 38.3. The SMILES string of the molecule is COCCN1CCN(C(=O)c2ccc(C(=O)O)cc2)CC1=O. The van der Waals surface area contributed by atoms with E-state index >= 15 is 0 Å². The van der Waals surface area contributed by atoms with Gasteiger partial charge in [-0.2, -0.15) is 0 Å². The normalized spacial score (nSPS) is 15.0. The van der Waals surface area contributed by atoms with Crippen LogP contribution in [-0.2, 0) is 9.53 Å². The van der Waals surface area contributed by atoms with E-state index in [1.54, 1.807) is 12.0 Å². The molecule has 1 heterocycles. The minimum absolute atomic E-state index is 0.0310. The second-order valence-corrected chi connectivity index (χ2v) is 4.98. The van der Waals surface area contributed by atoms with Crippen molar-refractivity contribution in [2.45, 2.75) is 0 Å². The van der Waals surface area contributed by atoms with Crippen LogP contribution in [0.3, 0.4) is 0 Å². The first-order valence-electron chi connectivity index (χ1n) is 6.92. The molecular weight excluding hydrogens is 288 g/mol. The molecule has 7 heteroatoms. The molecule has 0 unspecified atom stereocenters. The maximum atomic E-state index is 12.3. The summed E-state index contributed by atoms with van der Waals surface area (Å²) in [7, 11) is 1.57. The van der Waals surface area contributed by atoms with Crippen LogP contribution in [0.15, 0.2) is 24.3 Å². The quantitative estimate of drug-likeness (QED) is 0.846. The molecule has 1 fully saturated rings. The molecule has 2 rings (SSSR count). The van der Waals surface area contributed by atoms with Gasteiger partial charge < -0.3 is 19.6 Å². The lowest BCUT2D eigenvalue weighted by atomic mass is 10.1. The maximum absolute atomic E-state index is 12.3. The number of carbonyl (C=O) groups is 3. The molecule has 0 aliphatic carbocycles. The van der Waals surface area contributed by atoms with Gasteiger partial charge in [-0.05, 0) is 24.3 Å². The summed E-state index contributed by atoms with van der Waals surface area (Å²) < 4.78 is 4.94. The molecule has 7 nitrogen and oxygen atoms in total. The Bertz CT molecular complexity index is 570. The largest absolute Gasteiger partial charge is 0.478 e. The summed E-state index contributed by atoms with van der Waals surface area (Å²) in [5.74, 6) is -1.42. The first kappa shape index (κ1) is 16.0. The summed E-state index contributed by atoms with van der Waals surface area (Å²) in [5, 5.41) is 8.84. The Balaban J connectivity index is 1.99. The highest BCUT2D eigenvalue weighted by Crippen LogP contribution is 2.11. The van der Waals surface area contributed by atoms with Gasteiger partial charge in [-0.25, -0.2) is 4.79 Å². The van der Waals surface area contributed by atoms with E-state index in [9.17, 15) is 14.4 Å². The first-order chi connectivity index (χ1) is 10.5. The van der Waals surface area contributed by atoms with Crippen LogP contribution in [0, 0.1) is 0 Å². The topological polar surface area (TPSA) is 87.2 Å². The fourth-order valence-electron chi connectivity index (χ4n) is 2.26. The molecule has 1 saturated heterocycles. The lowest BCUT2D eigenvalue weighted by Gasteiger charge is -2.34. The van der Waals surface area contributed by atoms with E-state index in [4.69, 9.17) is 9.84 Å². The van der Waals surface area contributed by atoms with Crippen LogP contribution in [0.2, 0.25) is 0 Å². The van der Waals surface area contributed by atoms with Crippen LogP contribution in [-0.4, -0.2) is 72.6 Å². The van der Waals surface area contributed by atoms with Crippen molar-refractivity contribution >= 4 is 17.8 Å². The number of carboxylic acids is 1. The average Bonchev–Trinajstić information content (AvgIpc) is 2.53. The van der Waals surface area contributed by atoms with Crippen LogP contribution < -0.4 is 0 Å². The minimum atomic E-state index is -1.04. The Labute approximate surface area is 128 Å². The molecule has 1 aliphatic heterocycles. The molecule has 0 bridgehead atoms. The molecular formula is C15H18N2O5. The number of aromatic carboxylic acids is 1. The van der Waals surface area contributed by atoms with E-state index in [1.165, 1.54) is 29.2 Å². The van der Waals surface area contributed by atoms with Crippen molar-refractivity contribution in [2.24, 2.45) is 0 Å². The summed E-state index contributed by atoms with van der Waals surface area (Å²) >= 11 is 0. The van der Waals surface area contributed by atoms with Gasteiger partial charge in [-0.15, -0.1) is 0 Å². The van der Waals surface area contributed by atoms with Gasteiger partial charge in [0.15, 0.2) is 0 Å². The predicted octanol–water partition coefficient (Wildman–Crippen LogP) is 0.316. The molecule has 2 amide bonds. The molecule has 1 aromatic rings. The van der Waals surface area contributed by atoms with Crippen molar-refractivity contribution in [2.75, 3.05) is 39.9 Å². The highest BCUT2D eigenvalue weighted by atomic mass is 16.5. The summed E-state index contributed by atoms with van der Waals surface area (Å²) in [6.45, 7) is 1.94. The van der Waals surface area contributed by atoms with Crippen molar-refractivity contribution in [3.8, 4) is 0 Å². The maximum Gasteiger partial charge on any atom is 0.335 e. The smallest absolute Gasteiger partial charge is 0.335 e. The Morgan fingerprint density at radius 1 is 1.18 bits per heavy atom. The summed E-state index contributed by atoms with van der Waals surface area (Å²) in [6.07, 6.45) is 0. The number of hydrogen-bond acceptors (Lipinski definition) is 4. The van der Waals surface area contributed by atoms with Gasteiger partial charge >= 0.3 is 5.97 Å². The fourth-order valence-corrected chi connectivity index (χ4v) is 2.26. The molecule has 0 spiro atoms. The Morgan fingerprint density at radius 3 is 2.36 bits per heavy atom. The lowest BCUT2D eigenvalue weighted by Crippen LogP contribution is -2.52. The standard InChI is InChI=1S/C15H18N2O5/c1-22-9-8-16-6-7-17(10-13(16)18)14(19)11-2-4-12(5-3-11)15(20)21/h2-5H,6-10H2,1H3,(H,20,21). The molecule has 1 N–H and O–H groups in total. The second kappa shape index (κ2) is 7.04. The van der Waals surface area contributed by atoms with Gasteiger partial charge in [0, 0.05) is 32.3 Å². The van der Waals surface area contributed by atoms with Crippen molar-refractivity contribution < 1.29 is 24.2 Å². The molecule has 0 radical (unpaired) electrons. The molecule has 0 saturated carbocycles. The lowest BCUT2D eigenvalue weighted by molar-refractivity contribution is -0.135. The number of benzene rings is 1. The highest BCUT2D eigenvalue weighted by Gasteiger charge is 2.27. The average molecular weight is 306 g/mol. The monoisotopic (exact) mass is 306 g/mol. The van der Waals surface area contributed by atoms with Gasteiger partial charge in [0.1, 0.15) is 6.54 Å². The van der Waals surface area contributed by atoms with Gasteiger partial charge in [0.05, 0.1) is 12.2 Å². The van der Waals surface area contributed by atoms with Gasteiger partial charge in [-0.1, -0.05) is 0 Å². The third-order valence-corrected chi connectivity index (χ3v) is 3.55. The fraction of sp³-hybridized carbons (Fsp3) is 0.400. The number of ether oxygens (including phenoxy) is 1. The van der Waals surface area contributed by atoms with Crippen molar-refractivity contribution in [1.29, 1.82) is 0 Å². The number of piperazine rings is 1. The van der Waals surface area contributed by atoms with Gasteiger partial charge in [0.2, 0.25) is 5.91 Å². The summed E-state index contributed by atoms with van der Waals surface area (Å²) in [6, 6.07) is 5.69. The van der Waals surface area contributed by atoms with E-state index in [2.05, 4.69) is 0 Å².